The van der Waals surface area contributed by atoms with Crippen LogP contribution in [0, 0.1) is 0 Å². The number of rotatable bonds is 2. The van der Waals surface area contributed by atoms with Crippen molar-refractivity contribution < 1.29 is 5.02 Å². The van der Waals surface area contributed by atoms with Crippen LogP contribution in [0.15, 0.2) is 24.3 Å². The summed E-state index contributed by atoms with van der Waals surface area (Å²) in [6, 6.07) is 8.97. The molecular weight excluding hydrogens is 185 g/mol. The van der Waals surface area contributed by atoms with Crippen LogP contribution in [0.3, 0.4) is 0 Å². The Kier molecular flexibility index (Phi) is 3.12. The van der Waals surface area contributed by atoms with Gasteiger partial charge in [0.25, 0.3) is 0 Å². The normalized spacial score (nSPS) is 21.1. The maximum Gasteiger partial charge on any atom is 0.376 e. The van der Waals surface area contributed by atoms with Gasteiger partial charge in [-0.25, -0.2) is 0 Å². The van der Waals surface area contributed by atoms with Crippen molar-refractivity contribution >= 4 is 7.05 Å². The first-order valence-corrected chi connectivity index (χ1v) is 5.75. The van der Waals surface area contributed by atoms with Gasteiger partial charge in [0.1, 0.15) is 0 Å². The summed E-state index contributed by atoms with van der Waals surface area (Å²) in [7, 11) is -0.344. The lowest BCUT2D eigenvalue weighted by molar-refractivity contribution is 0.266. The Hall–Kier alpha value is -0.795. The number of fused-ring (bicyclic) bond motifs is 1. The molecule has 1 heterocycles. The van der Waals surface area contributed by atoms with Crippen LogP contribution in [0.1, 0.15) is 30.5 Å². The summed E-state index contributed by atoms with van der Waals surface area (Å²) in [5.41, 5.74) is 2.84. The second kappa shape index (κ2) is 4.37. The molecule has 1 atom stereocenters. The molecule has 80 valence electrons. The molecule has 0 radical (unpaired) electrons. The minimum atomic E-state index is -0.344. The fourth-order valence-corrected chi connectivity index (χ4v) is 2.57. The summed E-state index contributed by atoms with van der Waals surface area (Å²) >= 11 is 0. The molecule has 0 aliphatic carbocycles. The standard InChI is InChI=1S/C12H18BNO/c1-3-12-11-7-5-4-6-10(11)8-9-14(12)13(2)15/h4-7,12,15H,3,8-9H2,1-2H3. The molecule has 0 saturated heterocycles. The molecule has 0 amide bonds. The fraction of sp³-hybridized carbons (Fsp3) is 0.500. The van der Waals surface area contributed by atoms with Crippen LogP contribution in [0.2, 0.25) is 6.82 Å². The van der Waals surface area contributed by atoms with Gasteiger partial charge in [-0.3, -0.25) is 0 Å². The molecule has 2 rings (SSSR count). The number of hydrogen-bond donors (Lipinski definition) is 1. The van der Waals surface area contributed by atoms with Gasteiger partial charge >= 0.3 is 7.05 Å². The first kappa shape index (κ1) is 10.7. The Morgan fingerprint density at radius 1 is 1.47 bits per heavy atom. The Morgan fingerprint density at radius 2 is 2.20 bits per heavy atom. The molecule has 0 saturated carbocycles. The smallest absolute Gasteiger partial charge is 0.376 e. The van der Waals surface area contributed by atoms with Crippen LogP contribution >= 0.6 is 0 Å². The van der Waals surface area contributed by atoms with Crippen LogP contribution in [0.4, 0.5) is 0 Å². The van der Waals surface area contributed by atoms with Crippen molar-refractivity contribution in [1.29, 1.82) is 0 Å². The highest BCUT2D eigenvalue weighted by Crippen LogP contribution is 2.31. The summed E-state index contributed by atoms with van der Waals surface area (Å²) in [5.74, 6) is 0. The highest BCUT2D eigenvalue weighted by molar-refractivity contribution is 6.45. The Morgan fingerprint density at radius 3 is 2.87 bits per heavy atom. The van der Waals surface area contributed by atoms with Gasteiger partial charge in [-0.05, 0) is 37.3 Å². The first-order valence-electron chi connectivity index (χ1n) is 5.75. The molecule has 1 aromatic carbocycles. The van der Waals surface area contributed by atoms with Crippen molar-refractivity contribution in [3.8, 4) is 0 Å². The van der Waals surface area contributed by atoms with Crippen molar-refractivity contribution in [2.45, 2.75) is 32.6 Å². The van der Waals surface area contributed by atoms with Gasteiger partial charge in [-0.15, -0.1) is 0 Å². The molecule has 15 heavy (non-hydrogen) atoms. The first-order chi connectivity index (χ1) is 7.24. The lowest BCUT2D eigenvalue weighted by Gasteiger charge is -2.37. The minimum absolute atomic E-state index is 0.344. The summed E-state index contributed by atoms with van der Waals surface area (Å²) in [6.45, 7) is 5.01. The van der Waals surface area contributed by atoms with E-state index in [1.807, 2.05) is 6.82 Å². The van der Waals surface area contributed by atoms with Gasteiger partial charge in [0.2, 0.25) is 0 Å². The number of hydrogen-bond acceptors (Lipinski definition) is 2. The highest BCUT2D eigenvalue weighted by Gasteiger charge is 2.29. The summed E-state index contributed by atoms with van der Waals surface area (Å²) in [5, 5.41) is 9.73. The quantitative estimate of drug-likeness (QED) is 0.744. The van der Waals surface area contributed by atoms with E-state index in [-0.39, 0.29) is 7.05 Å². The molecule has 1 aliphatic rings. The zero-order chi connectivity index (χ0) is 10.8. The third-order valence-electron chi connectivity index (χ3n) is 3.32. The fourth-order valence-electron chi connectivity index (χ4n) is 2.57. The van der Waals surface area contributed by atoms with Gasteiger partial charge in [-0.2, -0.15) is 0 Å². The molecule has 1 aromatic rings. The molecule has 1 unspecified atom stereocenters. The molecule has 2 nitrogen and oxygen atoms in total. The molecular formula is C12H18BNO. The van der Waals surface area contributed by atoms with Gasteiger partial charge < -0.3 is 9.83 Å². The second-order valence-corrected chi connectivity index (χ2v) is 4.24. The SMILES string of the molecule is CCC1c2ccccc2CCN1B(C)O. The van der Waals surface area contributed by atoms with Gasteiger partial charge in [0.05, 0.1) is 0 Å². The third kappa shape index (κ3) is 1.94. The Balaban J connectivity index is 2.34. The van der Waals surface area contributed by atoms with E-state index in [2.05, 4.69) is 36.0 Å². The topological polar surface area (TPSA) is 23.5 Å². The predicted octanol–water partition coefficient (Wildman–Crippen LogP) is 2.11. The summed E-state index contributed by atoms with van der Waals surface area (Å²) in [4.78, 5) is 2.18. The van der Waals surface area contributed by atoms with E-state index >= 15 is 0 Å². The van der Waals surface area contributed by atoms with Crippen LogP contribution in [0.25, 0.3) is 0 Å². The largest absolute Gasteiger partial charge is 0.437 e. The molecule has 1 aliphatic heterocycles. The molecule has 0 spiro atoms. The zero-order valence-electron chi connectivity index (χ0n) is 9.48. The van der Waals surface area contributed by atoms with Crippen LogP contribution in [0.5, 0.6) is 0 Å². The lowest BCUT2D eigenvalue weighted by Crippen LogP contribution is -2.44. The maximum atomic E-state index is 9.73. The third-order valence-corrected chi connectivity index (χ3v) is 3.32. The second-order valence-electron chi connectivity index (χ2n) is 4.24. The van der Waals surface area contributed by atoms with Crippen LogP contribution in [-0.4, -0.2) is 23.4 Å². The van der Waals surface area contributed by atoms with E-state index in [0.29, 0.717) is 6.04 Å². The average Bonchev–Trinajstić information content (AvgIpc) is 2.27. The van der Waals surface area contributed by atoms with E-state index in [1.54, 1.807) is 0 Å². The lowest BCUT2D eigenvalue weighted by atomic mass is 9.77. The van der Waals surface area contributed by atoms with Crippen molar-refractivity contribution in [2.75, 3.05) is 6.54 Å². The Bertz CT molecular complexity index is 340. The van der Waals surface area contributed by atoms with Crippen LogP contribution in [-0.2, 0) is 6.42 Å². The number of benzene rings is 1. The van der Waals surface area contributed by atoms with Crippen molar-refractivity contribution in [3.05, 3.63) is 35.4 Å². The molecule has 0 aromatic heterocycles. The molecule has 0 fully saturated rings. The summed E-state index contributed by atoms with van der Waals surface area (Å²) < 4.78 is 0. The zero-order valence-corrected chi connectivity index (χ0v) is 9.48. The van der Waals surface area contributed by atoms with E-state index in [9.17, 15) is 5.02 Å². The van der Waals surface area contributed by atoms with Crippen molar-refractivity contribution in [2.24, 2.45) is 0 Å². The Labute approximate surface area is 92.0 Å². The monoisotopic (exact) mass is 203 g/mol. The highest BCUT2D eigenvalue weighted by atomic mass is 16.2. The van der Waals surface area contributed by atoms with Crippen molar-refractivity contribution in [3.63, 3.8) is 0 Å². The maximum absolute atomic E-state index is 9.73. The van der Waals surface area contributed by atoms with E-state index < -0.39 is 0 Å². The molecule has 3 heteroatoms. The van der Waals surface area contributed by atoms with E-state index in [1.165, 1.54) is 11.1 Å². The number of nitrogens with zero attached hydrogens (tertiary/aromatic N) is 1. The van der Waals surface area contributed by atoms with Crippen molar-refractivity contribution in [1.82, 2.24) is 4.81 Å². The van der Waals surface area contributed by atoms with Gasteiger partial charge in [0, 0.05) is 6.04 Å². The molecule has 0 bridgehead atoms. The minimum Gasteiger partial charge on any atom is -0.437 e. The van der Waals surface area contributed by atoms with E-state index in [4.69, 9.17) is 0 Å². The molecule has 1 N–H and O–H groups in total. The summed E-state index contributed by atoms with van der Waals surface area (Å²) in [6.07, 6.45) is 2.11. The predicted molar refractivity (Wildman–Crippen MR) is 63.7 cm³/mol. The van der Waals surface area contributed by atoms with E-state index in [0.717, 1.165) is 19.4 Å². The average molecular weight is 203 g/mol. The van der Waals surface area contributed by atoms with Gasteiger partial charge in [0.15, 0.2) is 0 Å². The van der Waals surface area contributed by atoms with Crippen LogP contribution < -0.4 is 0 Å². The van der Waals surface area contributed by atoms with Gasteiger partial charge in [-0.1, -0.05) is 31.2 Å².